The van der Waals surface area contributed by atoms with E-state index < -0.39 is 0 Å². The molecule has 0 radical (unpaired) electrons. The van der Waals surface area contributed by atoms with Crippen LogP contribution in [0.5, 0.6) is 0 Å². The third-order valence-corrected chi connectivity index (χ3v) is 1.91. The second kappa shape index (κ2) is 4.54. The topological polar surface area (TPSA) is 63.8 Å². The Morgan fingerprint density at radius 2 is 2.07 bits per heavy atom. The van der Waals surface area contributed by atoms with Crippen LogP contribution < -0.4 is 5.32 Å². The molecule has 5 heteroatoms. The molecule has 2 rings (SSSR count). The van der Waals surface area contributed by atoms with E-state index in [1.165, 1.54) is 0 Å². The highest BCUT2D eigenvalue weighted by atomic mass is 16.4. The summed E-state index contributed by atoms with van der Waals surface area (Å²) in [6.07, 6.45) is 5.96. The molecule has 0 saturated carbocycles. The summed E-state index contributed by atoms with van der Waals surface area (Å²) in [7, 11) is 0. The highest BCUT2D eigenvalue weighted by Gasteiger charge is 2.02. The van der Waals surface area contributed by atoms with Crippen molar-refractivity contribution in [1.29, 1.82) is 0 Å². The van der Waals surface area contributed by atoms with Crippen molar-refractivity contribution in [1.82, 2.24) is 15.0 Å². The van der Waals surface area contributed by atoms with E-state index in [-0.39, 0.29) is 0 Å². The van der Waals surface area contributed by atoms with Crippen LogP contribution in [0.4, 0.5) is 5.95 Å². The van der Waals surface area contributed by atoms with Gasteiger partial charge in [-0.15, -0.1) is 0 Å². The Labute approximate surface area is 87.6 Å². The van der Waals surface area contributed by atoms with Gasteiger partial charge in [0.25, 0.3) is 0 Å². The average Bonchev–Trinajstić information content (AvgIpc) is 2.76. The zero-order valence-electron chi connectivity index (χ0n) is 8.47. The number of hydrogen-bond acceptors (Lipinski definition) is 5. The first kappa shape index (κ1) is 9.64. The molecule has 0 aliphatic heterocycles. The minimum Gasteiger partial charge on any atom is -0.444 e. The molecule has 1 N–H and O–H groups in total. The molecule has 0 aliphatic rings. The fourth-order valence-corrected chi connectivity index (χ4v) is 1.14. The molecule has 0 aliphatic carbocycles. The van der Waals surface area contributed by atoms with Crippen LogP contribution in [0, 0.1) is 0 Å². The van der Waals surface area contributed by atoms with Crippen LogP contribution in [0.1, 0.15) is 18.6 Å². The molecule has 5 nitrogen and oxygen atoms in total. The molecular formula is C10H12N4O. The highest BCUT2D eigenvalue weighted by Crippen LogP contribution is 2.05. The molecule has 0 saturated heterocycles. The molecule has 78 valence electrons. The van der Waals surface area contributed by atoms with Gasteiger partial charge in [-0.1, -0.05) is 6.92 Å². The Kier molecular flexibility index (Phi) is 2.92. The third-order valence-electron chi connectivity index (χ3n) is 1.91. The van der Waals surface area contributed by atoms with E-state index in [0.717, 1.165) is 12.2 Å². The lowest BCUT2D eigenvalue weighted by molar-refractivity contribution is 0.465. The summed E-state index contributed by atoms with van der Waals surface area (Å²) in [4.78, 5) is 12.2. The zero-order chi connectivity index (χ0) is 10.5. The number of aromatic nitrogens is 3. The molecule has 0 aromatic carbocycles. The Hall–Kier alpha value is -1.91. The normalized spacial score (nSPS) is 10.2. The monoisotopic (exact) mass is 204 g/mol. The lowest BCUT2D eigenvalue weighted by Crippen LogP contribution is -2.02. The second-order valence-electron chi connectivity index (χ2n) is 3.00. The van der Waals surface area contributed by atoms with Gasteiger partial charge in [0, 0.05) is 18.8 Å². The molecule has 0 unspecified atom stereocenters. The van der Waals surface area contributed by atoms with E-state index in [0.29, 0.717) is 18.4 Å². The van der Waals surface area contributed by atoms with Crippen LogP contribution in [0.25, 0.3) is 0 Å². The van der Waals surface area contributed by atoms with Gasteiger partial charge in [0.05, 0.1) is 12.7 Å². The van der Waals surface area contributed by atoms with Crippen molar-refractivity contribution < 1.29 is 4.42 Å². The largest absolute Gasteiger partial charge is 0.444 e. The molecule has 2 aromatic heterocycles. The lowest BCUT2D eigenvalue weighted by atomic mass is 10.4. The van der Waals surface area contributed by atoms with Crippen molar-refractivity contribution in [3.8, 4) is 0 Å². The average molecular weight is 204 g/mol. The maximum Gasteiger partial charge on any atom is 0.223 e. The zero-order valence-corrected chi connectivity index (χ0v) is 8.47. The first-order valence-corrected chi connectivity index (χ1v) is 4.83. The van der Waals surface area contributed by atoms with E-state index >= 15 is 0 Å². The summed E-state index contributed by atoms with van der Waals surface area (Å²) >= 11 is 0. The number of oxazole rings is 1. The number of rotatable bonds is 4. The van der Waals surface area contributed by atoms with Crippen molar-refractivity contribution >= 4 is 5.95 Å². The van der Waals surface area contributed by atoms with Crippen LogP contribution in [-0.4, -0.2) is 15.0 Å². The highest BCUT2D eigenvalue weighted by molar-refractivity contribution is 5.22. The predicted molar refractivity (Wildman–Crippen MR) is 55.2 cm³/mol. The smallest absolute Gasteiger partial charge is 0.223 e. The molecule has 2 heterocycles. The van der Waals surface area contributed by atoms with Gasteiger partial charge in [0.1, 0.15) is 5.76 Å². The van der Waals surface area contributed by atoms with Gasteiger partial charge in [-0.25, -0.2) is 15.0 Å². The van der Waals surface area contributed by atoms with Crippen LogP contribution in [0.15, 0.2) is 29.1 Å². The van der Waals surface area contributed by atoms with Gasteiger partial charge in [0.2, 0.25) is 11.8 Å². The van der Waals surface area contributed by atoms with E-state index in [1.807, 2.05) is 6.92 Å². The van der Waals surface area contributed by atoms with Gasteiger partial charge < -0.3 is 9.73 Å². The lowest BCUT2D eigenvalue weighted by Gasteiger charge is -1.99. The van der Waals surface area contributed by atoms with Gasteiger partial charge in [-0.05, 0) is 6.07 Å². The molecule has 15 heavy (non-hydrogen) atoms. The number of nitrogens with one attached hydrogen (secondary N) is 1. The summed E-state index contributed by atoms with van der Waals surface area (Å²) in [5.74, 6) is 2.12. The molecular weight excluding hydrogens is 192 g/mol. The van der Waals surface area contributed by atoms with Crippen molar-refractivity contribution in [2.24, 2.45) is 0 Å². The molecule has 0 fully saturated rings. The molecule has 0 atom stereocenters. The summed E-state index contributed by atoms with van der Waals surface area (Å²) in [6.45, 7) is 2.53. The van der Waals surface area contributed by atoms with E-state index in [2.05, 4.69) is 20.3 Å². The molecule has 0 amide bonds. The SMILES string of the molecule is CCc1cnc(CNc2ncccn2)o1. The number of anilines is 1. The summed E-state index contributed by atoms with van der Waals surface area (Å²) < 4.78 is 5.43. The fraction of sp³-hybridized carbons (Fsp3) is 0.300. The first-order valence-electron chi connectivity index (χ1n) is 4.83. The number of nitrogens with zero attached hydrogens (tertiary/aromatic N) is 3. The fourth-order valence-electron chi connectivity index (χ4n) is 1.14. The van der Waals surface area contributed by atoms with Gasteiger partial charge >= 0.3 is 0 Å². The van der Waals surface area contributed by atoms with E-state index in [1.54, 1.807) is 24.7 Å². The van der Waals surface area contributed by atoms with E-state index in [4.69, 9.17) is 4.42 Å². The Morgan fingerprint density at radius 1 is 1.27 bits per heavy atom. The summed E-state index contributed by atoms with van der Waals surface area (Å²) in [6, 6.07) is 1.77. The first-order chi connectivity index (χ1) is 7.38. The van der Waals surface area contributed by atoms with Gasteiger partial charge in [-0.2, -0.15) is 0 Å². The van der Waals surface area contributed by atoms with E-state index in [9.17, 15) is 0 Å². The number of aryl methyl sites for hydroxylation is 1. The van der Waals surface area contributed by atoms with Crippen LogP contribution in [-0.2, 0) is 13.0 Å². The summed E-state index contributed by atoms with van der Waals surface area (Å²) in [5, 5.41) is 3.02. The number of hydrogen-bond donors (Lipinski definition) is 1. The van der Waals surface area contributed by atoms with Crippen molar-refractivity contribution in [2.45, 2.75) is 19.9 Å². The maximum absolute atomic E-state index is 5.43. The minimum atomic E-state index is 0.504. The molecule has 2 aromatic rings. The minimum absolute atomic E-state index is 0.504. The Morgan fingerprint density at radius 3 is 2.73 bits per heavy atom. The van der Waals surface area contributed by atoms with Gasteiger partial charge in [0.15, 0.2) is 0 Å². The Balaban J connectivity index is 1.93. The third kappa shape index (κ3) is 2.52. The van der Waals surface area contributed by atoms with Crippen LogP contribution in [0.2, 0.25) is 0 Å². The molecule has 0 bridgehead atoms. The standard InChI is InChI=1S/C10H12N4O/c1-2-8-6-13-9(15-8)7-14-10-11-4-3-5-12-10/h3-6H,2,7H2,1H3,(H,11,12,14). The quantitative estimate of drug-likeness (QED) is 0.820. The summed E-state index contributed by atoms with van der Waals surface area (Å²) in [5.41, 5.74) is 0. The van der Waals surface area contributed by atoms with Gasteiger partial charge in [-0.3, -0.25) is 0 Å². The van der Waals surface area contributed by atoms with Crippen LogP contribution in [0.3, 0.4) is 0 Å². The van der Waals surface area contributed by atoms with Crippen molar-refractivity contribution in [3.05, 3.63) is 36.3 Å². The van der Waals surface area contributed by atoms with Crippen molar-refractivity contribution in [2.75, 3.05) is 5.32 Å². The maximum atomic E-state index is 5.43. The van der Waals surface area contributed by atoms with Crippen LogP contribution >= 0.6 is 0 Å². The second-order valence-corrected chi connectivity index (χ2v) is 3.00. The predicted octanol–water partition coefficient (Wildman–Crippen LogP) is 1.64. The van der Waals surface area contributed by atoms with Crippen molar-refractivity contribution in [3.63, 3.8) is 0 Å². The molecule has 0 spiro atoms. The Bertz CT molecular complexity index is 412.